The number of rotatable bonds is 14. The molecule has 7 N–H and O–H groups in total. The van der Waals surface area contributed by atoms with Gasteiger partial charge in [0.05, 0.1) is 6.04 Å². The van der Waals surface area contributed by atoms with Crippen molar-refractivity contribution in [1.82, 2.24) is 16.0 Å². The number of nitrogens with two attached hydrogens (primary N) is 1. The van der Waals surface area contributed by atoms with E-state index in [0.717, 1.165) is 5.56 Å². The molecule has 10 heteroatoms. The lowest BCUT2D eigenvalue weighted by molar-refractivity contribution is -0.142. The van der Waals surface area contributed by atoms with Crippen molar-refractivity contribution in [3.63, 3.8) is 0 Å². The standard InChI is InChI=1S/C29H40N4O6/c1-17(2)14-22(30)26(35)31-23(15-20-10-12-21(34)13-11-20)27(36)33-25(18(3)4)28(37)32-24(29(38)39)16-19-8-6-5-7-9-19/h5-13,17-18,22-25,34H,14-16,30H2,1-4H3,(H,31,35)(H,32,37)(H,33,36)(H,38,39). The van der Waals surface area contributed by atoms with Gasteiger partial charge in [0, 0.05) is 12.8 Å². The predicted molar refractivity (Wildman–Crippen MR) is 148 cm³/mol. The molecule has 4 atom stereocenters. The van der Waals surface area contributed by atoms with Crippen LogP contribution in [-0.2, 0) is 32.0 Å². The number of nitrogens with one attached hydrogen (secondary N) is 3. The Bertz CT molecular complexity index is 1100. The monoisotopic (exact) mass is 540 g/mol. The Morgan fingerprint density at radius 1 is 0.744 bits per heavy atom. The predicted octanol–water partition coefficient (Wildman–Crippen LogP) is 1.75. The van der Waals surface area contributed by atoms with E-state index in [2.05, 4.69) is 16.0 Å². The number of benzene rings is 2. The first-order valence-electron chi connectivity index (χ1n) is 13.1. The molecule has 0 fully saturated rings. The number of carbonyl (C=O) groups is 4. The molecule has 0 aliphatic carbocycles. The van der Waals surface area contributed by atoms with Crippen molar-refractivity contribution in [3.8, 4) is 5.75 Å². The SMILES string of the molecule is CC(C)CC(N)C(=O)NC(Cc1ccc(O)cc1)C(=O)NC(C(=O)NC(Cc1ccccc1)C(=O)O)C(C)C. The highest BCUT2D eigenvalue weighted by Gasteiger charge is 2.32. The summed E-state index contributed by atoms with van der Waals surface area (Å²) in [7, 11) is 0. The number of carboxylic acid groups (broad SMARTS) is 1. The fourth-order valence-electron chi connectivity index (χ4n) is 4.07. The van der Waals surface area contributed by atoms with E-state index < -0.39 is 47.9 Å². The second-order valence-corrected chi connectivity index (χ2v) is 10.5. The molecule has 0 saturated heterocycles. The number of hydrogen-bond acceptors (Lipinski definition) is 6. The average molecular weight is 541 g/mol. The number of phenolic OH excluding ortho intramolecular Hbond substituents is 1. The fourth-order valence-corrected chi connectivity index (χ4v) is 4.07. The Kier molecular flexibility index (Phi) is 11.9. The van der Waals surface area contributed by atoms with Gasteiger partial charge >= 0.3 is 5.97 Å². The lowest BCUT2D eigenvalue weighted by atomic mass is 9.99. The quantitative estimate of drug-likeness (QED) is 0.212. The molecule has 10 nitrogen and oxygen atoms in total. The highest BCUT2D eigenvalue weighted by Crippen LogP contribution is 2.13. The van der Waals surface area contributed by atoms with E-state index in [-0.39, 0.29) is 30.4 Å². The number of amides is 3. The summed E-state index contributed by atoms with van der Waals surface area (Å²) in [5, 5.41) is 27.2. The van der Waals surface area contributed by atoms with E-state index in [0.29, 0.717) is 12.0 Å². The minimum absolute atomic E-state index is 0.0581. The van der Waals surface area contributed by atoms with Gasteiger partial charge in [0.15, 0.2) is 0 Å². The van der Waals surface area contributed by atoms with Gasteiger partial charge < -0.3 is 31.9 Å². The van der Waals surface area contributed by atoms with Gasteiger partial charge in [0.2, 0.25) is 17.7 Å². The minimum Gasteiger partial charge on any atom is -0.508 e. The van der Waals surface area contributed by atoms with E-state index in [1.54, 1.807) is 50.2 Å². The van der Waals surface area contributed by atoms with Crippen LogP contribution in [0.4, 0.5) is 0 Å². The van der Waals surface area contributed by atoms with Crippen LogP contribution in [0.3, 0.4) is 0 Å². The first kappa shape index (κ1) is 31.3. The lowest BCUT2D eigenvalue weighted by Crippen LogP contribution is -2.59. The summed E-state index contributed by atoms with van der Waals surface area (Å²) in [5.74, 6) is -3.11. The van der Waals surface area contributed by atoms with Gasteiger partial charge in [-0.1, -0.05) is 70.2 Å². The number of carboxylic acids is 1. The summed E-state index contributed by atoms with van der Waals surface area (Å²) < 4.78 is 0. The zero-order chi connectivity index (χ0) is 29.1. The molecule has 0 aliphatic rings. The maximum atomic E-state index is 13.4. The van der Waals surface area contributed by atoms with E-state index in [4.69, 9.17) is 5.73 Å². The van der Waals surface area contributed by atoms with Crippen LogP contribution < -0.4 is 21.7 Å². The summed E-state index contributed by atoms with van der Waals surface area (Å²) in [5.41, 5.74) is 7.44. The summed E-state index contributed by atoms with van der Waals surface area (Å²) in [6.07, 6.45) is 0.590. The molecule has 0 aliphatic heterocycles. The first-order chi connectivity index (χ1) is 18.4. The van der Waals surface area contributed by atoms with Gasteiger partial charge in [-0.15, -0.1) is 0 Å². The molecule has 0 bridgehead atoms. The number of carbonyl (C=O) groups excluding carboxylic acids is 3. The molecule has 0 heterocycles. The maximum Gasteiger partial charge on any atom is 0.326 e. The second-order valence-electron chi connectivity index (χ2n) is 10.5. The zero-order valence-corrected chi connectivity index (χ0v) is 22.9. The third-order valence-corrected chi connectivity index (χ3v) is 6.22. The van der Waals surface area contributed by atoms with Crippen LogP contribution >= 0.6 is 0 Å². The fraction of sp³-hybridized carbons (Fsp3) is 0.448. The number of phenols is 1. The molecular weight excluding hydrogens is 500 g/mol. The van der Waals surface area contributed by atoms with Gasteiger partial charge in [0.1, 0.15) is 23.9 Å². The molecule has 2 aromatic rings. The highest BCUT2D eigenvalue weighted by molar-refractivity contribution is 5.94. The maximum absolute atomic E-state index is 13.4. The van der Waals surface area contributed by atoms with Gasteiger partial charge in [-0.25, -0.2) is 4.79 Å². The summed E-state index contributed by atoms with van der Waals surface area (Å²) in [4.78, 5) is 51.2. The molecule has 212 valence electrons. The van der Waals surface area contributed by atoms with E-state index in [1.807, 2.05) is 19.9 Å². The van der Waals surface area contributed by atoms with Gasteiger partial charge in [-0.05, 0) is 41.5 Å². The lowest BCUT2D eigenvalue weighted by Gasteiger charge is -2.27. The van der Waals surface area contributed by atoms with Crippen LogP contribution in [0.15, 0.2) is 54.6 Å². The normalized spacial score (nSPS) is 14.2. The van der Waals surface area contributed by atoms with Crippen molar-refractivity contribution < 1.29 is 29.4 Å². The molecule has 2 aromatic carbocycles. The van der Waals surface area contributed by atoms with E-state index in [1.165, 1.54) is 12.1 Å². The van der Waals surface area contributed by atoms with Crippen molar-refractivity contribution >= 4 is 23.7 Å². The van der Waals surface area contributed by atoms with Crippen LogP contribution in [0.1, 0.15) is 45.2 Å². The average Bonchev–Trinajstić information content (AvgIpc) is 2.87. The van der Waals surface area contributed by atoms with Gasteiger partial charge in [-0.3, -0.25) is 14.4 Å². The molecule has 0 radical (unpaired) electrons. The smallest absolute Gasteiger partial charge is 0.326 e. The largest absolute Gasteiger partial charge is 0.508 e. The minimum atomic E-state index is -1.20. The molecule has 0 aromatic heterocycles. The van der Waals surface area contributed by atoms with Gasteiger partial charge in [0.25, 0.3) is 0 Å². The Balaban J connectivity index is 2.20. The number of aromatic hydroxyl groups is 1. The number of hydrogen-bond donors (Lipinski definition) is 6. The van der Waals surface area contributed by atoms with Crippen molar-refractivity contribution in [1.29, 1.82) is 0 Å². The van der Waals surface area contributed by atoms with Crippen LogP contribution in [0.5, 0.6) is 5.75 Å². The third-order valence-electron chi connectivity index (χ3n) is 6.22. The van der Waals surface area contributed by atoms with Gasteiger partial charge in [-0.2, -0.15) is 0 Å². The Labute approximate surface area is 229 Å². The Morgan fingerprint density at radius 2 is 1.28 bits per heavy atom. The van der Waals surface area contributed by atoms with Crippen LogP contribution in [-0.4, -0.2) is 58.1 Å². The van der Waals surface area contributed by atoms with E-state index >= 15 is 0 Å². The Morgan fingerprint density at radius 3 is 1.82 bits per heavy atom. The van der Waals surface area contributed by atoms with Crippen molar-refractivity contribution in [2.24, 2.45) is 17.6 Å². The Hall–Kier alpha value is -3.92. The third kappa shape index (κ3) is 10.4. The molecule has 0 spiro atoms. The molecule has 2 rings (SSSR count). The molecule has 3 amide bonds. The molecule has 4 unspecified atom stereocenters. The molecule has 39 heavy (non-hydrogen) atoms. The molecular formula is C29H40N4O6. The summed E-state index contributed by atoms with van der Waals surface area (Å²) >= 11 is 0. The highest BCUT2D eigenvalue weighted by atomic mass is 16.4. The van der Waals surface area contributed by atoms with Crippen molar-refractivity contribution in [3.05, 3.63) is 65.7 Å². The van der Waals surface area contributed by atoms with Crippen molar-refractivity contribution in [2.45, 2.75) is 71.1 Å². The topological polar surface area (TPSA) is 171 Å². The number of aliphatic carboxylic acids is 1. The van der Waals surface area contributed by atoms with E-state index in [9.17, 15) is 29.4 Å². The summed E-state index contributed by atoms with van der Waals surface area (Å²) in [6, 6.07) is 11.0. The van der Waals surface area contributed by atoms with Crippen molar-refractivity contribution in [2.75, 3.05) is 0 Å². The molecule has 0 saturated carbocycles. The zero-order valence-electron chi connectivity index (χ0n) is 22.9. The van der Waals surface area contributed by atoms with Crippen LogP contribution in [0.25, 0.3) is 0 Å². The van der Waals surface area contributed by atoms with Crippen LogP contribution in [0, 0.1) is 11.8 Å². The first-order valence-corrected chi connectivity index (χ1v) is 13.1. The second kappa shape index (κ2) is 14.9. The summed E-state index contributed by atoms with van der Waals surface area (Å²) in [6.45, 7) is 7.32. The van der Waals surface area contributed by atoms with Crippen LogP contribution in [0.2, 0.25) is 0 Å².